The molecule has 1 saturated heterocycles. The van der Waals surface area contributed by atoms with Crippen LogP contribution in [0.1, 0.15) is 41.3 Å². The van der Waals surface area contributed by atoms with E-state index >= 15 is 0 Å². The fourth-order valence-electron chi connectivity index (χ4n) is 3.77. The number of carbonyl (C=O) groups is 2. The summed E-state index contributed by atoms with van der Waals surface area (Å²) < 4.78 is 13.3. The lowest BCUT2D eigenvalue weighted by atomic mass is 9.94. The highest BCUT2D eigenvalue weighted by Gasteiger charge is 2.31. The summed E-state index contributed by atoms with van der Waals surface area (Å²) in [6, 6.07) is 24.6. The van der Waals surface area contributed by atoms with Crippen LogP contribution >= 0.6 is 11.8 Å². The highest BCUT2D eigenvalue weighted by atomic mass is 32.2. The molecule has 0 radical (unpaired) electrons. The molecule has 2 N–H and O–H groups in total. The first-order valence-corrected chi connectivity index (χ1v) is 11.0. The topological polar surface area (TPSA) is 58.2 Å². The van der Waals surface area contributed by atoms with E-state index in [9.17, 15) is 14.0 Å². The van der Waals surface area contributed by atoms with Gasteiger partial charge in [0.25, 0.3) is 5.24 Å². The van der Waals surface area contributed by atoms with Crippen LogP contribution in [-0.2, 0) is 11.2 Å². The molecule has 31 heavy (non-hydrogen) atoms. The van der Waals surface area contributed by atoms with Crippen molar-refractivity contribution < 1.29 is 14.0 Å². The fourth-order valence-corrected chi connectivity index (χ4v) is 4.63. The molecule has 1 aliphatic heterocycles. The molecule has 0 saturated carbocycles. The van der Waals surface area contributed by atoms with Crippen LogP contribution < -0.4 is 10.6 Å². The van der Waals surface area contributed by atoms with Gasteiger partial charge in [-0.3, -0.25) is 20.2 Å². The van der Waals surface area contributed by atoms with Crippen LogP contribution in [0.4, 0.5) is 9.18 Å². The number of benzene rings is 3. The van der Waals surface area contributed by atoms with Crippen molar-refractivity contribution in [3.05, 3.63) is 107 Å². The number of nitrogens with one attached hydrogen (secondary N) is 2. The lowest BCUT2D eigenvalue weighted by Gasteiger charge is -2.25. The Hall–Kier alpha value is -2.96. The van der Waals surface area contributed by atoms with Crippen molar-refractivity contribution in [1.82, 2.24) is 10.6 Å². The number of thioether (sulfide) groups is 1. The van der Waals surface area contributed by atoms with E-state index in [0.29, 0.717) is 6.42 Å². The molecular weight excluding hydrogens is 411 g/mol. The van der Waals surface area contributed by atoms with Crippen LogP contribution in [0.25, 0.3) is 0 Å². The van der Waals surface area contributed by atoms with E-state index < -0.39 is 5.25 Å². The second-order valence-electron chi connectivity index (χ2n) is 7.62. The molecule has 1 aliphatic rings. The zero-order valence-electron chi connectivity index (χ0n) is 17.0. The predicted molar refractivity (Wildman–Crippen MR) is 121 cm³/mol. The zero-order valence-corrected chi connectivity index (χ0v) is 17.9. The molecule has 3 aromatic rings. The summed E-state index contributed by atoms with van der Waals surface area (Å²) in [4.78, 5) is 23.5. The number of hydrogen-bond donors (Lipinski definition) is 2. The van der Waals surface area contributed by atoms with Crippen LogP contribution in [0.3, 0.4) is 0 Å². The summed E-state index contributed by atoms with van der Waals surface area (Å²) in [5, 5.41) is 5.32. The van der Waals surface area contributed by atoms with Gasteiger partial charge < -0.3 is 0 Å². The van der Waals surface area contributed by atoms with Gasteiger partial charge in [0.05, 0.1) is 11.3 Å². The van der Waals surface area contributed by atoms with Gasteiger partial charge >= 0.3 is 0 Å². The van der Waals surface area contributed by atoms with Gasteiger partial charge in [0.1, 0.15) is 5.82 Å². The van der Waals surface area contributed by atoms with Crippen LogP contribution in [0.5, 0.6) is 0 Å². The van der Waals surface area contributed by atoms with Crippen molar-refractivity contribution in [1.29, 1.82) is 0 Å². The molecule has 3 aromatic carbocycles. The van der Waals surface area contributed by atoms with Crippen molar-refractivity contribution >= 4 is 22.9 Å². The summed E-state index contributed by atoms with van der Waals surface area (Å²) in [5.74, 6) is -0.487. The Morgan fingerprint density at radius 3 is 2.32 bits per heavy atom. The highest BCUT2D eigenvalue weighted by Crippen LogP contribution is 2.29. The Morgan fingerprint density at radius 1 is 0.935 bits per heavy atom. The zero-order chi connectivity index (χ0) is 21.8. The van der Waals surface area contributed by atoms with Gasteiger partial charge in [0.15, 0.2) is 0 Å². The van der Waals surface area contributed by atoms with Gasteiger partial charge in [0.2, 0.25) is 5.91 Å². The third-order valence-corrected chi connectivity index (χ3v) is 6.37. The maximum atomic E-state index is 13.3. The molecule has 4 rings (SSSR count). The Labute approximate surface area is 185 Å². The third kappa shape index (κ3) is 5.21. The second kappa shape index (κ2) is 9.45. The summed E-state index contributed by atoms with van der Waals surface area (Å²) in [7, 11) is 0. The minimum atomic E-state index is -0.399. The van der Waals surface area contributed by atoms with Gasteiger partial charge in [-0.15, -0.1) is 0 Å². The standard InChI is InChI=1S/C25H23FN2O2S/c1-16(18-10-12-21(26)13-11-18)27-23(19-7-3-2-4-8-19)20-9-5-6-17(14-20)15-22-24(29)28-25(30)31-22/h2-14,16,22-23,27H,15H2,1H3,(H,28,29,30). The molecule has 158 valence electrons. The molecule has 1 heterocycles. The van der Waals surface area contributed by atoms with Crippen LogP contribution in [0, 0.1) is 5.82 Å². The first-order chi connectivity index (χ1) is 15.0. The second-order valence-corrected chi connectivity index (χ2v) is 8.79. The monoisotopic (exact) mass is 434 g/mol. The molecule has 2 amide bonds. The molecular formula is C25H23FN2O2S. The minimum Gasteiger partial charge on any atom is -0.300 e. The normalized spacial score (nSPS) is 17.9. The number of hydrogen-bond acceptors (Lipinski definition) is 4. The van der Waals surface area contributed by atoms with E-state index in [2.05, 4.69) is 41.8 Å². The maximum absolute atomic E-state index is 13.3. The Kier molecular flexibility index (Phi) is 6.49. The summed E-state index contributed by atoms with van der Waals surface area (Å²) in [6.45, 7) is 2.05. The predicted octanol–water partition coefficient (Wildman–Crippen LogP) is 5.16. The van der Waals surface area contributed by atoms with Gasteiger partial charge in [-0.1, -0.05) is 78.5 Å². The van der Waals surface area contributed by atoms with E-state index in [1.165, 1.54) is 12.1 Å². The SMILES string of the molecule is CC(NC(c1ccccc1)c1cccc(CC2SC(=O)NC2=O)c1)c1ccc(F)cc1. The summed E-state index contributed by atoms with van der Waals surface area (Å²) in [6.07, 6.45) is 0.491. The Balaban J connectivity index is 1.60. The summed E-state index contributed by atoms with van der Waals surface area (Å²) >= 11 is 1.04. The lowest BCUT2D eigenvalue weighted by molar-refractivity contribution is -0.118. The van der Waals surface area contributed by atoms with Gasteiger partial charge in [-0.05, 0) is 47.7 Å². The van der Waals surface area contributed by atoms with Crippen molar-refractivity contribution in [3.63, 3.8) is 0 Å². The maximum Gasteiger partial charge on any atom is 0.286 e. The molecule has 1 fully saturated rings. The molecule has 0 bridgehead atoms. The number of imide groups is 1. The first-order valence-electron chi connectivity index (χ1n) is 10.2. The van der Waals surface area contributed by atoms with Crippen LogP contribution in [-0.4, -0.2) is 16.4 Å². The molecule has 3 atom stereocenters. The number of rotatable bonds is 7. The van der Waals surface area contributed by atoms with E-state index in [1.807, 2.05) is 30.3 Å². The molecule has 4 nitrogen and oxygen atoms in total. The number of halogens is 1. The third-order valence-electron chi connectivity index (χ3n) is 5.39. The molecule has 0 aromatic heterocycles. The average Bonchev–Trinajstić information content (AvgIpc) is 3.09. The van der Waals surface area contributed by atoms with E-state index in [0.717, 1.165) is 34.0 Å². The summed E-state index contributed by atoms with van der Waals surface area (Å²) in [5.41, 5.74) is 4.16. The van der Waals surface area contributed by atoms with E-state index in [4.69, 9.17) is 0 Å². The Morgan fingerprint density at radius 2 is 1.65 bits per heavy atom. The van der Waals surface area contributed by atoms with Gasteiger partial charge in [0, 0.05) is 6.04 Å². The molecule has 6 heteroatoms. The Bertz CT molecular complexity index is 1070. The van der Waals surface area contributed by atoms with Gasteiger partial charge in [-0.2, -0.15) is 0 Å². The quantitative estimate of drug-likeness (QED) is 0.539. The minimum absolute atomic E-state index is 0.0109. The van der Waals surface area contributed by atoms with E-state index in [1.54, 1.807) is 12.1 Å². The van der Waals surface area contributed by atoms with Crippen LogP contribution in [0.15, 0.2) is 78.9 Å². The largest absolute Gasteiger partial charge is 0.300 e. The van der Waals surface area contributed by atoms with Gasteiger partial charge in [-0.25, -0.2) is 4.39 Å². The van der Waals surface area contributed by atoms with E-state index in [-0.39, 0.29) is 29.0 Å². The molecule has 3 unspecified atom stereocenters. The molecule has 0 spiro atoms. The van der Waals surface area contributed by atoms with Crippen molar-refractivity contribution in [3.8, 4) is 0 Å². The average molecular weight is 435 g/mol. The lowest BCUT2D eigenvalue weighted by Crippen LogP contribution is -2.26. The highest BCUT2D eigenvalue weighted by molar-refractivity contribution is 8.15. The fraction of sp³-hybridized carbons (Fsp3) is 0.200. The number of carbonyl (C=O) groups excluding carboxylic acids is 2. The molecule has 0 aliphatic carbocycles. The first kappa shape index (κ1) is 21.3. The number of amides is 2. The van der Waals surface area contributed by atoms with Crippen molar-refractivity contribution in [2.75, 3.05) is 0 Å². The smallest absolute Gasteiger partial charge is 0.286 e. The van der Waals surface area contributed by atoms with Crippen LogP contribution in [0.2, 0.25) is 0 Å². The van der Waals surface area contributed by atoms with Crippen molar-refractivity contribution in [2.45, 2.75) is 30.7 Å². The van der Waals surface area contributed by atoms with Crippen molar-refractivity contribution in [2.24, 2.45) is 0 Å².